The summed E-state index contributed by atoms with van der Waals surface area (Å²) in [5.74, 6) is 1.36. The normalized spacial score (nSPS) is 12.4. The van der Waals surface area contributed by atoms with Crippen molar-refractivity contribution in [1.29, 1.82) is 0 Å². The third-order valence-corrected chi connectivity index (χ3v) is 3.20. The molecule has 112 valence electrons. The van der Waals surface area contributed by atoms with Crippen molar-refractivity contribution < 1.29 is 9.32 Å². The number of hydrogen-bond acceptors (Lipinski definition) is 4. The molecule has 21 heavy (non-hydrogen) atoms. The molecule has 1 aromatic carbocycles. The summed E-state index contributed by atoms with van der Waals surface area (Å²) in [7, 11) is 0. The van der Waals surface area contributed by atoms with Crippen molar-refractivity contribution in [1.82, 2.24) is 10.5 Å². The second-order valence-corrected chi connectivity index (χ2v) is 5.38. The van der Waals surface area contributed by atoms with Crippen LogP contribution in [0.15, 0.2) is 40.9 Å². The highest BCUT2D eigenvalue weighted by molar-refractivity contribution is 5.91. The van der Waals surface area contributed by atoms with E-state index in [0.29, 0.717) is 17.5 Å². The lowest BCUT2D eigenvalue weighted by Crippen LogP contribution is -2.33. The number of carbonyl (C=O) groups is 1. The van der Waals surface area contributed by atoms with Crippen LogP contribution in [0.2, 0.25) is 0 Å². The van der Waals surface area contributed by atoms with E-state index < -0.39 is 0 Å². The molecule has 0 spiro atoms. The van der Waals surface area contributed by atoms with Gasteiger partial charge in [0.2, 0.25) is 5.91 Å². The molecule has 5 nitrogen and oxygen atoms in total. The summed E-state index contributed by atoms with van der Waals surface area (Å²) in [4.78, 5) is 11.9. The molecule has 1 unspecified atom stereocenters. The number of benzene rings is 1. The maximum absolute atomic E-state index is 11.9. The molecule has 0 saturated heterocycles. The Kier molecular flexibility index (Phi) is 5.11. The minimum absolute atomic E-state index is 0.134. The Hall–Kier alpha value is -2.14. The van der Waals surface area contributed by atoms with Gasteiger partial charge in [0.1, 0.15) is 5.76 Å². The predicted octanol–water partition coefficient (Wildman–Crippen LogP) is 2.91. The van der Waals surface area contributed by atoms with E-state index in [1.165, 1.54) is 5.56 Å². The molecule has 1 aromatic heterocycles. The van der Waals surface area contributed by atoms with E-state index in [2.05, 4.69) is 41.8 Å². The number of aryl methyl sites for hydroxylation is 1. The Bertz CT molecular complexity index is 578. The van der Waals surface area contributed by atoms with Gasteiger partial charge in [0.25, 0.3) is 0 Å². The third kappa shape index (κ3) is 4.43. The van der Waals surface area contributed by atoms with Gasteiger partial charge in [0.15, 0.2) is 5.82 Å². The van der Waals surface area contributed by atoms with Crippen molar-refractivity contribution in [3.8, 4) is 0 Å². The van der Waals surface area contributed by atoms with Crippen LogP contribution in [0.5, 0.6) is 0 Å². The van der Waals surface area contributed by atoms with Gasteiger partial charge >= 0.3 is 0 Å². The Morgan fingerprint density at radius 3 is 2.57 bits per heavy atom. The number of nitrogens with zero attached hydrogens (tertiary/aromatic N) is 1. The van der Waals surface area contributed by atoms with Crippen LogP contribution in [0.4, 0.5) is 5.82 Å². The van der Waals surface area contributed by atoms with Crippen molar-refractivity contribution in [3.63, 3.8) is 0 Å². The molecule has 2 rings (SSSR count). The Labute approximate surface area is 124 Å². The number of aromatic nitrogens is 1. The molecule has 0 aliphatic rings. The number of rotatable bonds is 6. The van der Waals surface area contributed by atoms with Crippen LogP contribution in [0.1, 0.15) is 31.2 Å². The molecule has 1 heterocycles. The summed E-state index contributed by atoms with van der Waals surface area (Å²) in [6, 6.07) is 12.0. The van der Waals surface area contributed by atoms with E-state index in [9.17, 15) is 4.79 Å². The molecule has 0 radical (unpaired) electrons. The van der Waals surface area contributed by atoms with E-state index >= 15 is 0 Å². The first-order chi connectivity index (χ1) is 10.1. The second-order valence-electron chi connectivity index (χ2n) is 5.38. The topological polar surface area (TPSA) is 67.2 Å². The molecule has 0 fully saturated rings. The highest BCUT2D eigenvalue weighted by atomic mass is 16.5. The van der Waals surface area contributed by atoms with Gasteiger partial charge < -0.3 is 15.2 Å². The van der Waals surface area contributed by atoms with Crippen LogP contribution in [0, 0.1) is 12.8 Å². The van der Waals surface area contributed by atoms with Gasteiger partial charge in [-0.25, -0.2) is 0 Å². The number of hydrogen-bond donors (Lipinski definition) is 2. The largest absolute Gasteiger partial charge is 0.360 e. The zero-order valence-corrected chi connectivity index (χ0v) is 12.6. The summed E-state index contributed by atoms with van der Waals surface area (Å²) in [6.07, 6.45) is 0. The molecule has 5 heteroatoms. The third-order valence-electron chi connectivity index (χ3n) is 3.20. The molecular weight excluding hydrogens is 266 g/mol. The smallest absolute Gasteiger partial charge is 0.239 e. The van der Waals surface area contributed by atoms with E-state index in [1.54, 1.807) is 13.0 Å². The highest BCUT2D eigenvalue weighted by Crippen LogP contribution is 2.20. The van der Waals surface area contributed by atoms with Gasteiger partial charge in [0, 0.05) is 12.1 Å². The molecule has 1 amide bonds. The van der Waals surface area contributed by atoms with Crippen molar-refractivity contribution in [2.45, 2.75) is 26.8 Å². The summed E-state index contributed by atoms with van der Waals surface area (Å²) in [6.45, 7) is 6.27. The molecule has 0 aliphatic heterocycles. The minimum atomic E-state index is -0.134. The molecule has 0 saturated carbocycles. The zero-order chi connectivity index (χ0) is 15.2. The fourth-order valence-corrected chi connectivity index (χ4v) is 2.21. The van der Waals surface area contributed by atoms with Crippen molar-refractivity contribution in [2.75, 3.05) is 11.9 Å². The summed E-state index contributed by atoms with van der Waals surface area (Å²) in [5.41, 5.74) is 1.18. The summed E-state index contributed by atoms with van der Waals surface area (Å²) in [5, 5.41) is 9.74. The van der Waals surface area contributed by atoms with Crippen molar-refractivity contribution in [3.05, 3.63) is 47.7 Å². The van der Waals surface area contributed by atoms with Crippen LogP contribution in [-0.4, -0.2) is 17.6 Å². The standard InChI is InChI=1S/C16H21N3O2/c1-11(2)16(13-7-5-4-6-8-13)17-10-15(20)18-14-9-12(3)21-19-14/h4-9,11,16-17H,10H2,1-3H3,(H,18,19,20). The van der Waals surface area contributed by atoms with E-state index in [4.69, 9.17) is 4.52 Å². The maximum atomic E-state index is 11.9. The van der Waals surface area contributed by atoms with Crippen LogP contribution in [0.3, 0.4) is 0 Å². The zero-order valence-electron chi connectivity index (χ0n) is 12.6. The van der Waals surface area contributed by atoms with Crippen LogP contribution >= 0.6 is 0 Å². The van der Waals surface area contributed by atoms with Gasteiger partial charge in [-0.1, -0.05) is 49.3 Å². The first-order valence-corrected chi connectivity index (χ1v) is 7.07. The fourth-order valence-electron chi connectivity index (χ4n) is 2.21. The minimum Gasteiger partial charge on any atom is -0.360 e. The van der Waals surface area contributed by atoms with Gasteiger partial charge in [-0.2, -0.15) is 0 Å². The van der Waals surface area contributed by atoms with Gasteiger partial charge in [0.05, 0.1) is 6.54 Å². The average molecular weight is 287 g/mol. The maximum Gasteiger partial charge on any atom is 0.239 e. The average Bonchev–Trinajstić information content (AvgIpc) is 2.85. The number of anilines is 1. The first-order valence-electron chi connectivity index (χ1n) is 7.07. The lowest BCUT2D eigenvalue weighted by molar-refractivity contribution is -0.115. The first kappa shape index (κ1) is 15.3. The van der Waals surface area contributed by atoms with Crippen LogP contribution in [-0.2, 0) is 4.79 Å². The summed E-state index contributed by atoms with van der Waals surface area (Å²) < 4.78 is 4.91. The van der Waals surface area contributed by atoms with Gasteiger partial charge in [-0.3, -0.25) is 4.79 Å². The van der Waals surface area contributed by atoms with Crippen molar-refractivity contribution >= 4 is 11.7 Å². The number of nitrogens with one attached hydrogen (secondary N) is 2. The Balaban J connectivity index is 1.91. The number of carbonyl (C=O) groups excluding carboxylic acids is 1. The van der Waals surface area contributed by atoms with Gasteiger partial charge in [-0.15, -0.1) is 0 Å². The lowest BCUT2D eigenvalue weighted by Gasteiger charge is -2.22. The summed E-state index contributed by atoms with van der Waals surface area (Å²) >= 11 is 0. The van der Waals surface area contributed by atoms with Crippen LogP contribution < -0.4 is 10.6 Å². The van der Waals surface area contributed by atoms with Crippen LogP contribution in [0.25, 0.3) is 0 Å². The van der Waals surface area contributed by atoms with E-state index in [0.717, 1.165) is 0 Å². The molecule has 2 N–H and O–H groups in total. The quantitative estimate of drug-likeness (QED) is 0.857. The second kappa shape index (κ2) is 7.04. The van der Waals surface area contributed by atoms with E-state index in [-0.39, 0.29) is 18.5 Å². The Morgan fingerprint density at radius 1 is 1.29 bits per heavy atom. The predicted molar refractivity (Wildman–Crippen MR) is 81.9 cm³/mol. The molecule has 0 bridgehead atoms. The van der Waals surface area contributed by atoms with Gasteiger partial charge in [-0.05, 0) is 18.4 Å². The monoisotopic (exact) mass is 287 g/mol. The SMILES string of the molecule is Cc1cc(NC(=O)CNC(c2ccccc2)C(C)C)no1. The fraction of sp³-hybridized carbons (Fsp3) is 0.375. The lowest BCUT2D eigenvalue weighted by atomic mass is 9.96. The molecular formula is C16H21N3O2. The van der Waals surface area contributed by atoms with E-state index in [1.807, 2.05) is 18.2 Å². The van der Waals surface area contributed by atoms with Crippen molar-refractivity contribution in [2.24, 2.45) is 5.92 Å². The molecule has 2 aromatic rings. The molecule has 1 atom stereocenters. The Morgan fingerprint density at radius 2 is 2.00 bits per heavy atom. The number of amides is 1. The highest BCUT2D eigenvalue weighted by Gasteiger charge is 2.16. The molecule has 0 aliphatic carbocycles.